The average molecular weight is 653 g/mol. The number of fused-ring (bicyclic) bond motifs is 12. The highest BCUT2D eigenvalue weighted by molar-refractivity contribution is 6.30. The van der Waals surface area contributed by atoms with Crippen LogP contribution in [0.4, 0.5) is 0 Å². The van der Waals surface area contributed by atoms with Crippen LogP contribution in [0.15, 0.2) is 154 Å². The van der Waals surface area contributed by atoms with E-state index in [0.29, 0.717) is 11.7 Å². The number of nitrogens with zero attached hydrogens (tertiary/aromatic N) is 4. The first-order chi connectivity index (χ1) is 25.3. The molecule has 7 aromatic carbocycles. The zero-order valence-electron chi connectivity index (χ0n) is 27.0. The Morgan fingerprint density at radius 2 is 1.22 bits per heavy atom. The lowest BCUT2D eigenvalue weighted by Crippen LogP contribution is -1.95. The van der Waals surface area contributed by atoms with Gasteiger partial charge in [-0.3, -0.25) is 0 Å². The van der Waals surface area contributed by atoms with Gasteiger partial charge in [-0.2, -0.15) is 0 Å². The van der Waals surface area contributed by atoms with Crippen molar-refractivity contribution in [2.75, 3.05) is 0 Å². The molecule has 0 fully saturated rings. The lowest BCUT2D eigenvalue weighted by atomic mass is 10.0. The molecule has 0 radical (unpaired) electrons. The van der Waals surface area contributed by atoms with Gasteiger partial charge in [-0.25, -0.2) is 15.0 Å². The highest BCUT2D eigenvalue weighted by Gasteiger charge is 2.24. The second kappa shape index (κ2) is 9.77. The van der Waals surface area contributed by atoms with Gasteiger partial charge in [0.2, 0.25) is 5.89 Å². The lowest BCUT2D eigenvalue weighted by molar-refractivity contribution is 0.623. The summed E-state index contributed by atoms with van der Waals surface area (Å²) in [6.45, 7) is 0. The average Bonchev–Trinajstić information content (AvgIpc) is 3.95. The van der Waals surface area contributed by atoms with Crippen molar-refractivity contribution in [1.29, 1.82) is 0 Å². The van der Waals surface area contributed by atoms with E-state index in [9.17, 15) is 0 Å². The summed E-state index contributed by atoms with van der Waals surface area (Å²) < 4.78 is 15.4. The van der Waals surface area contributed by atoms with E-state index >= 15 is 0 Å². The largest absolute Gasteiger partial charge is 0.455 e. The van der Waals surface area contributed by atoms with Gasteiger partial charge in [-0.05, 0) is 60.7 Å². The summed E-state index contributed by atoms with van der Waals surface area (Å²) in [5.74, 6) is 1.28. The summed E-state index contributed by atoms with van der Waals surface area (Å²) >= 11 is 0. The number of benzene rings is 7. The van der Waals surface area contributed by atoms with Crippen LogP contribution in [0.3, 0.4) is 0 Å². The Morgan fingerprint density at radius 3 is 2.14 bits per heavy atom. The molecule has 0 aliphatic rings. The Bertz CT molecular complexity index is 3370. The SMILES string of the molecule is c1ccc(-c2nc3cc4c5cc(-c6nc(-c7cccc8c7oc7ccccc78)c7ccccc7n6)ccc5n5c6ccccc6c(c3o2)c45)cc1. The molecule has 5 heterocycles. The molecule has 0 saturated carbocycles. The van der Waals surface area contributed by atoms with E-state index in [1.165, 1.54) is 0 Å². The van der Waals surface area contributed by atoms with E-state index in [2.05, 4.69) is 89.3 Å². The van der Waals surface area contributed by atoms with Gasteiger partial charge in [0.25, 0.3) is 0 Å². The Balaban J connectivity index is 1.13. The first kappa shape index (κ1) is 26.9. The van der Waals surface area contributed by atoms with Crippen molar-refractivity contribution in [3.8, 4) is 34.1 Å². The third kappa shape index (κ3) is 3.63. The maximum Gasteiger partial charge on any atom is 0.227 e. The van der Waals surface area contributed by atoms with Crippen LogP contribution in [-0.4, -0.2) is 19.4 Å². The molecule has 5 aromatic heterocycles. The fourth-order valence-electron chi connectivity index (χ4n) is 8.13. The molecule has 51 heavy (non-hydrogen) atoms. The third-order valence-corrected chi connectivity index (χ3v) is 10.4. The molecule has 0 saturated heterocycles. The monoisotopic (exact) mass is 652 g/mol. The number of para-hydroxylation sites is 4. The first-order valence-electron chi connectivity index (χ1n) is 17.0. The predicted octanol–water partition coefficient (Wildman–Crippen LogP) is 11.8. The van der Waals surface area contributed by atoms with E-state index in [4.69, 9.17) is 23.8 Å². The lowest BCUT2D eigenvalue weighted by Gasteiger charge is -2.10. The molecule has 0 bridgehead atoms. The topological polar surface area (TPSA) is 69.4 Å². The Kier molecular flexibility index (Phi) is 5.14. The van der Waals surface area contributed by atoms with Crippen molar-refractivity contribution in [2.45, 2.75) is 0 Å². The van der Waals surface area contributed by atoms with Crippen LogP contribution in [0, 0.1) is 0 Å². The van der Waals surface area contributed by atoms with Crippen molar-refractivity contribution >= 4 is 82.0 Å². The fraction of sp³-hybridized carbons (Fsp3) is 0. The third-order valence-electron chi connectivity index (χ3n) is 10.4. The quantitative estimate of drug-likeness (QED) is 0.190. The zero-order valence-corrected chi connectivity index (χ0v) is 27.0. The minimum Gasteiger partial charge on any atom is -0.455 e. The summed E-state index contributed by atoms with van der Waals surface area (Å²) in [6, 6.07) is 50.0. The van der Waals surface area contributed by atoms with E-state index in [1.807, 2.05) is 60.7 Å². The molecule has 0 spiro atoms. The molecule has 0 amide bonds. The number of rotatable bonds is 3. The van der Waals surface area contributed by atoms with Crippen molar-refractivity contribution < 1.29 is 8.83 Å². The van der Waals surface area contributed by atoms with Crippen LogP contribution >= 0.6 is 0 Å². The summed E-state index contributed by atoms with van der Waals surface area (Å²) in [5, 5.41) is 7.59. The van der Waals surface area contributed by atoms with E-state index in [1.54, 1.807) is 0 Å². The van der Waals surface area contributed by atoms with Gasteiger partial charge in [0, 0.05) is 49.0 Å². The second-order valence-electron chi connectivity index (χ2n) is 13.2. The highest BCUT2D eigenvalue weighted by atomic mass is 16.3. The summed E-state index contributed by atoms with van der Waals surface area (Å²) in [5.41, 5.74) is 11.3. The fourth-order valence-corrected chi connectivity index (χ4v) is 8.13. The number of furan rings is 1. The van der Waals surface area contributed by atoms with Gasteiger partial charge in [-0.1, -0.05) is 84.9 Å². The van der Waals surface area contributed by atoms with Crippen LogP contribution in [0.2, 0.25) is 0 Å². The van der Waals surface area contributed by atoms with Crippen molar-refractivity contribution in [3.05, 3.63) is 146 Å². The number of hydrogen-bond donors (Lipinski definition) is 0. The molecule has 0 aliphatic heterocycles. The van der Waals surface area contributed by atoms with Crippen LogP contribution in [0.25, 0.3) is 116 Å². The predicted molar refractivity (Wildman–Crippen MR) is 205 cm³/mol. The Labute approximate surface area is 289 Å². The molecule has 12 aromatic rings. The molecule has 236 valence electrons. The standard InChI is InChI=1S/C45H24N4O2/c1-2-11-25(12-3-1)45-47-35-24-33-32-23-26(21-22-37(32)49-36-19-8-5-15-30(36)39(41(33)49)43(35)51-45)44-46-34-18-7-4-14-29(34)40(48-44)31-17-10-16-28-27-13-6-9-20-38(27)50-42(28)31/h1-24H. The van der Waals surface area contributed by atoms with E-state index in [0.717, 1.165) is 104 Å². The zero-order chi connectivity index (χ0) is 33.2. The molecule has 6 nitrogen and oxygen atoms in total. The van der Waals surface area contributed by atoms with E-state index < -0.39 is 0 Å². The minimum absolute atomic E-state index is 0.618. The molecular weight excluding hydrogens is 629 g/mol. The number of aromatic nitrogens is 4. The molecule has 12 rings (SSSR count). The van der Waals surface area contributed by atoms with Crippen molar-refractivity contribution in [2.24, 2.45) is 0 Å². The highest BCUT2D eigenvalue weighted by Crippen LogP contribution is 2.45. The van der Waals surface area contributed by atoms with Crippen LogP contribution in [-0.2, 0) is 0 Å². The molecule has 0 N–H and O–H groups in total. The number of hydrogen-bond acceptors (Lipinski definition) is 5. The smallest absolute Gasteiger partial charge is 0.227 e. The maximum absolute atomic E-state index is 6.56. The van der Waals surface area contributed by atoms with Crippen molar-refractivity contribution in [1.82, 2.24) is 19.4 Å². The molecule has 6 heteroatoms. The molecule has 0 aliphatic carbocycles. The normalized spacial score (nSPS) is 12.3. The van der Waals surface area contributed by atoms with Crippen LogP contribution in [0.5, 0.6) is 0 Å². The maximum atomic E-state index is 6.56. The van der Waals surface area contributed by atoms with Crippen molar-refractivity contribution in [3.63, 3.8) is 0 Å². The van der Waals surface area contributed by atoms with Gasteiger partial charge in [0.15, 0.2) is 11.4 Å². The summed E-state index contributed by atoms with van der Waals surface area (Å²) in [6.07, 6.45) is 0. The Hall–Kier alpha value is -7.05. The summed E-state index contributed by atoms with van der Waals surface area (Å²) in [7, 11) is 0. The van der Waals surface area contributed by atoms with Crippen LogP contribution in [0.1, 0.15) is 0 Å². The second-order valence-corrected chi connectivity index (χ2v) is 13.2. The Morgan fingerprint density at radius 1 is 0.451 bits per heavy atom. The molecular formula is C45H24N4O2. The van der Waals surface area contributed by atoms with Gasteiger partial charge in [-0.15, -0.1) is 0 Å². The van der Waals surface area contributed by atoms with Gasteiger partial charge in [0.1, 0.15) is 16.7 Å². The molecule has 0 atom stereocenters. The van der Waals surface area contributed by atoms with Gasteiger partial charge >= 0.3 is 0 Å². The van der Waals surface area contributed by atoms with Crippen LogP contribution < -0.4 is 0 Å². The van der Waals surface area contributed by atoms with Gasteiger partial charge < -0.3 is 13.2 Å². The first-order valence-corrected chi connectivity index (χ1v) is 17.0. The van der Waals surface area contributed by atoms with Gasteiger partial charge in [0.05, 0.1) is 33.1 Å². The molecule has 0 unspecified atom stereocenters. The number of oxazole rings is 1. The van der Waals surface area contributed by atoms with E-state index in [-0.39, 0.29) is 0 Å². The minimum atomic E-state index is 0.618. The summed E-state index contributed by atoms with van der Waals surface area (Å²) in [4.78, 5) is 15.4.